The summed E-state index contributed by atoms with van der Waals surface area (Å²) in [6, 6.07) is 0. The molecule has 8 heteroatoms. The van der Waals surface area contributed by atoms with Crippen molar-refractivity contribution in [3.63, 3.8) is 0 Å². The van der Waals surface area contributed by atoms with E-state index in [1.54, 1.807) is 19.9 Å². The Balaban J connectivity index is 1.44. The van der Waals surface area contributed by atoms with E-state index in [0.717, 1.165) is 31.1 Å². The number of hydrogen-bond acceptors (Lipinski definition) is 5. The highest BCUT2D eigenvalue weighted by atomic mass is 32.2. The second kappa shape index (κ2) is 5.19. The predicted octanol–water partition coefficient (Wildman–Crippen LogP) is 0.852. The Morgan fingerprint density at radius 2 is 1.71 bits per heavy atom. The van der Waals surface area contributed by atoms with Crippen LogP contribution in [-0.2, 0) is 10.2 Å². The van der Waals surface area contributed by atoms with Gasteiger partial charge in [-0.15, -0.1) is 11.3 Å². The molecule has 2 unspecified atom stereocenters. The van der Waals surface area contributed by atoms with Gasteiger partial charge in [0.1, 0.15) is 0 Å². The predicted molar refractivity (Wildman–Crippen MR) is 82.6 cm³/mol. The van der Waals surface area contributed by atoms with E-state index in [1.807, 2.05) is 11.6 Å². The van der Waals surface area contributed by atoms with Crippen molar-refractivity contribution < 1.29 is 8.42 Å². The molecule has 0 saturated carbocycles. The van der Waals surface area contributed by atoms with Crippen molar-refractivity contribution in [3.05, 3.63) is 11.6 Å². The van der Waals surface area contributed by atoms with Crippen LogP contribution in [0, 0.1) is 11.8 Å². The van der Waals surface area contributed by atoms with E-state index in [4.69, 9.17) is 0 Å². The third-order valence-corrected chi connectivity index (χ3v) is 7.66. The van der Waals surface area contributed by atoms with E-state index in [1.165, 1.54) is 0 Å². The minimum absolute atomic E-state index is 0.450. The highest BCUT2D eigenvalue weighted by Gasteiger charge is 2.46. The summed E-state index contributed by atoms with van der Waals surface area (Å²) in [5, 5.41) is 3.06. The van der Waals surface area contributed by atoms with Gasteiger partial charge in [0.15, 0.2) is 5.13 Å². The number of anilines is 1. The molecule has 0 spiro atoms. The van der Waals surface area contributed by atoms with Crippen molar-refractivity contribution in [1.82, 2.24) is 13.6 Å². The second-order valence-electron chi connectivity index (χ2n) is 6.17. The number of nitrogens with zero attached hydrogens (tertiary/aromatic N) is 4. The Morgan fingerprint density at radius 1 is 1.05 bits per heavy atom. The van der Waals surface area contributed by atoms with E-state index < -0.39 is 10.2 Å². The summed E-state index contributed by atoms with van der Waals surface area (Å²) >= 11 is 1.66. The Kier molecular flexibility index (Phi) is 3.44. The zero-order valence-corrected chi connectivity index (χ0v) is 13.5. The molecule has 3 aliphatic heterocycles. The van der Waals surface area contributed by atoms with Crippen LogP contribution in [-0.4, -0.2) is 61.3 Å². The first-order valence-corrected chi connectivity index (χ1v) is 9.82. The Bertz CT molecular complexity index is 584. The quantitative estimate of drug-likeness (QED) is 0.825. The molecule has 6 nitrogen and oxygen atoms in total. The lowest BCUT2D eigenvalue weighted by atomic mass is 10.0. The van der Waals surface area contributed by atoms with E-state index in [9.17, 15) is 8.42 Å². The van der Waals surface area contributed by atoms with Crippen LogP contribution in [0.2, 0.25) is 0 Å². The Morgan fingerprint density at radius 3 is 2.29 bits per heavy atom. The van der Waals surface area contributed by atoms with Crippen LogP contribution in [0.15, 0.2) is 11.6 Å². The maximum atomic E-state index is 12.6. The summed E-state index contributed by atoms with van der Waals surface area (Å²) < 4.78 is 28.6. The number of hydrogen-bond donors (Lipinski definition) is 0. The summed E-state index contributed by atoms with van der Waals surface area (Å²) in [6.45, 7) is 4.60. The first kappa shape index (κ1) is 13.9. The van der Waals surface area contributed by atoms with Crippen LogP contribution in [0.1, 0.15) is 12.8 Å². The van der Waals surface area contributed by atoms with Crippen LogP contribution < -0.4 is 4.90 Å². The lowest BCUT2D eigenvalue weighted by Crippen LogP contribution is -2.42. The highest BCUT2D eigenvalue weighted by Crippen LogP contribution is 2.36. The molecule has 3 fully saturated rings. The van der Waals surface area contributed by atoms with Crippen LogP contribution in [0.25, 0.3) is 0 Å². The molecule has 0 bridgehead atoms. The molecule has 21 heavy (non-hydrogen) atoms. The molecule has 0 aliphatic carbocycles. The maximum Gasteiger partial charge on any atom is 0.281 e. The molecule has 3 saturated heterocycles. The Labute approximate surface area is 129 Å². The number of fused-ring (bicyclic) bond motifs is 1. The molecule has 0 aromatic carbocycles. The monoisotopic (exact) mass is 328 g/mol. The molecule has 1 aromatic heterocycles. The van der Waals surface area contributed by atoms with Crippen LogP contribution in [0.4, 0.5) is 5.13 Å². The number of thiazole rings is 1. The lowest BCUT2D eigenvalue weighted by Gasteiger charge is -2.25. The van der Waals surface area contributed by atoms with E-state index in [0.29, 0.717) is 38.0 Å². The van der Waals surface area contributed by atoms with Gasteiger partial charge >= 0.3 is 0 Å². The van der Waals surface area contributed by atoms with Gasteiger partial charge in [-0.05, 0) is 24.7 Å². The van der Waals surface area contributed by atoms with Gasteiger partial charge in [0.05, 0.1) is 0 Å². The fourth-order valence-corrected chi connectivity index (χ4v) is 6.22. The van der Waals surface area contributed by atoms with Crippen molar-refractivity contribution in [1.29, 1.82) is 0 Å². The maximum absolute atomic E-state index is 12.6. The first-order valence-electron chi connectivity index (χ1n) is 7.54. The van der Waals surface area contributed by atoms with Crippen LogP contribution in [0.5, 0.6) is 0 Å². The molecule has 4 rings (SSSR count). The summed E-state index contributed by atoms with van der Waals surface area (Å²) in [6.07, 6.45) is 3.83. The number of rotatable bonds is 3. The van der Waals surface area contributed by atoms with Gasteiger partial charge in [0, 0.05) is 50.8 Å². The molecular formula is C13H20N4O2S2. The molecule has 2 atom stereocenters. The average Bonchev–Trinajstić information content (AvgIpc) is 3.21. The van der Waals surface area contributed by atoms with Crippen molar-refractivity contribution in [2.24, 2.45) is 11.8 Å². The fourth-order valence-electron chi connectivity index (χ4n) is 3.75. The fraction of sp³-hybridized carbons (Fsp3) is 0.769. The SMILES string of the molecule is O=S(=O)(N1CCCC1)N1CC2CN(c3nccs3)CC2C1. The van der Waals surface area contributed by atoms with E-state index in [-0.39, 0.29) is 0 Å². The van der Waals surface area contributed by atoms with Crippen molar-refractivity contribution in [2.75, 3.05) is 44.2 Å². The molecule has 3 aliphatic rings. The van der Waals surface area contributed by atoms with Crippen molar-refractivity contribution >= 4 is 26.7 Å². The van der Waals surface area contributed by atoms with E-state index >= 15 is 0 Å². The summed E-state index contributed by atoms with van der Waals surface area (Å²) in [4.78, 5) is 6.67. The topological polar surface area (TPSA) is 56.8 Å². The van der Waals surface area contributed by atoms with Crippen LogP contribution >= 0.6 is 11.3 Å². The number of aromatic nitrogens is 1. The van der Waals surface area contributed by atoms with Gasteiger partial charge in [-0.3, -0.25) is 0 Å². The molecule has 1 aromatic rings. The molecule has 4 heterocycles. The third kappa shape index (κ3) is 2.38. The minimum atomic E-state index is -3.22. The zero-order valence-electron chi connectivity index (χ0n) is 11.9. The summed E-state index contributed by atoms with van der Waals surface area (Å²) in [5.74, 6) is 0.901. The first-order chi connectivity index (χ1) is 10.1. The third-order valence-electron chi connectivity index (χ3n) is 4.86. The van der Waals surface area contributed by atoms with E-state index in [2.05, 4.69) is 9.88 Å². The van der Waals surface area contributed by atoms with Gasteiger partial charge in [0.2, 0.25) is 0 Å². The van der Waals surface area contributed by atoms with Gasteiger partial charge in [-0.2, -0.15) is 17.0 Å². The van der Waals surface area contributed by atoms with Crippen LogP contribution in [0.3, 0.4) is 0 Å². The molecule has 116 valence electrons. The Hall–Kier alpha value is -0.700. The summed E-state index contributed by atoms with van der Waals surface area (Å²) in [5.41, 5.74) is 0. The largest absolute Gasteiger partial charge is 0.347 e. The normalized spacial score (nSPS) is 31.1. The average molecular weight is 328 g/mol. The zero-order chi connectivity index (χ0) is 14.4. The molecular weight excluding hydrogens is 308 g/mol. The standard InChI is InChI=1S/C13H20N4O2S2/c18-21(19,16-4-1-2-5-16)17-9-11-7-15(8-12(11)10-17)13-14-3-6-20-13/h3,6,11-12H,1-2,4-5,7-10H2. The van der Waals surface area contributed by atoms with Gasteiger partial charge in [0.25, 0.3) is 10.2 Å². The smallest absolute Gasteiger partial charge is 0.281 e. The highest BCUT2D eigenvalue weighted by molar-refractivity contribution is 7.86. The minimum Gasteiger partial charge on any atom is -0.347 e. The lowest BCUT2D eigenvalue weighted by molar-refractivity contribution is 0.385. The van der Waals surface area contributed by atoms with Gasteiger partial charge < -0.3 is 4.90 Å². The summed E-state index contributed by atoms with van der Waals surface area (Å²) in [7, 11) is -3.22. The van der Waals surface area contributed by atoms with Gasteiger partial charge in [-0.1, -0.05) is 0 Å². The molecule has 0 N–H and O–H groups in total. The molecule has 0 radical (unpaired) electrons. The van der Waals surface area contributed by atoms with Gasteiger partial charge in [-0.25, -0.2) is 4.98 Å². The van der Waals surface area contributed by atoms with Crippen molar-refractivity contribution in [2.45, 2.75) is 12.8 Å². The second-order valence-corrected chi connectivity index (χ2v) is 8.97. The molecule has 0 amide bonds. The van der Waals surface area contributed by atoms with Crippen molar-refractivity contribution in [3.8, 4) is 0 Å².